The van der Waals surface area contributed by atoms with Gasteiger partial charge < -0.3 is 5.32 Å². The molecule has 2 aromatic rings. The van der Waals surface area contributed by atoms with E-state index in [2.05, 4.69) is 35.4 Å². The Hall–Kier alpha value is -2.27. The number of rotatable bonds is 4. The van der Waals surface area contributed by atoms with Crippen LogP contribution in [0.2, 0.25) is 0 Å². The molecule has 0 radical (unpaired) electrons. The Morgan fingerprint density at radius 1 is 1.16 bits per heavy atom. The summed E-state index contributed by atoms with van der Waals surface area (Å²) in [6.45, 7) is 2.42. The molecule has 0 spiro atoms. The third-order valence-corrected chi connectivity index (χ3v) is 2.98. The average Bonchev–Trinajstić information content (AvgIpc) is 2.44. The van der Waals surface area contributed by atoms with Crippen LogP contribution in [0.1, 0.15) is 18.9 Å². The number of carbonyl (C=O) groups is 1. The molecule has 0 bridgehead atoms. The van der Waals surface area contributed by atoms with Crippen molar-refractivity contribution in [2.45, 2.75) is 19.8 Å². The Balaban J connectivity index is 2.04. The van der Waals surface area contributed by atoms with Crippen LogP contribution in [0.5, 0.6) is 0 Å². The lowest BCUT2D eigenvalue weighted by atomic mass is 10.0. The van der Waals surface area contributed by atoms with Crippen molar-refractivity contribution in [3.63, 3.8) is 0 Å². The molecule has 19 heavy (non-hydrogen) atoms. The summed E-state index contributed by atoms with van der Waals surface area (Å²) in [5, 5.41) is 5.21. The smallest absolute Gasteiger partial charge is 0.224 e. The quantitative estimate of drug-likeness (QED) is 0.657. The SMILES string of the molecule is CC#CCCNC(=O)Cc1cccc2ccccc12. The van der Waals surface area contributed by atoms with Crippen molar-refractivity contribution in [3.8, 4) is 11.8 Å². The summed E-state index contributed by atoms with van der Waals surface area (Å²) in [7, 11) is 0. The van der Waals surface area contributed by atoms with Gasteiger partial charge in [0.05, 0.1) is 6.42 Å². The van der Waals surface area contributed by atoms with Crippen molar-refractivity contribution in [1.82, 2.24) is 5.32 Å². The molecule has 0 saturated heterocycles. The van der Waals surface area contributed by atoms with Crippen LogP contribution in [0.4, 0.5) is 0 Å². The first-order chi connectivity index (χ1) is 9.31. The molecule has 1 amide bonds. The lowest BCUT2D eigenvalue weighted by Gasteiger charge is -2.07. The van der Waals surface area contributed by atoms with E-state index in [1.807, 2.05) is 24.3 Å². The van der Waals surface area contributed by atoms with Crippen molar-refractivity contribution in [3.05, 3.63) is 48.0 Å². The van der Waals surface area contributed by atoms with Gasteiger partial charge in [0, 0.05) is 13.0 Å². The molecule has 96 valence electrons. The van der Waals surface area contributed by atoms with E-state index in [0.717, 1.165) is 10.9 Å². The van der Waals surface area contributed by atoms with Gasteiger partial charge in [0.2, 0.25) is 5.91 Å². The van der Waals surface area contributed by atoms with Crippen LogP contribution in [0.15, 0.2) is 42.5 Å². The molecular weight excluding hydrogens is 234 g/mol. The second-order valence-corrected chi connectivity index (χ2v) is 4.34. The normalized spacial score (nSPS) is 9.74. The van der Waals surface area contributed by atoms with Crippen LogP contribution in [-0.4, -0.2) is 12.5 Å². The second-order valence-electron chi connectivity index (χ2n) is 4.34. The zero-order chi connectivity index (χ0) is 13.5. The first-order valence-electron chi connectivity index (χ1n) is 6.44. The predicted molar refractivity (Wildman–Crippen MR) is 78.7 cm³/mol. The summed E-state index contributed by atoms with van der Waals surface area (Å²) >= 11 is 0. The number of amides is 1. The second kappa shape index (κ2) is 6.61. The van der Waals surface area contributed by atoms with E-state index in [4.69, 9.17) is 0 Å². The van der Waals surface area contributed by atoms with Crippen molar-refractivity contribution in [1.29, 1.82) is 0 Å². The highest BCUT2D eigenvalue weighted by Gasteiger charge is 2.05. The Morgan fingerprint density at radius 2 is 1.95 bits per heavy atom. The molecule has 0 aromatic heterocycles. The minimum atomic E-state index is 0.0502. The Bertz CT molecular complexity index is 629. The van der Waals surface area contributed by atoms with Crippen LogP contribution in [-0.2, 0) is 11.2 Å². The largest absolute Gasteiger partial charge is 0.355 e. The summed E-state index contributed by atoms with van der Waals surface area (Å²) in [6, 6.07) is 14.2. The summed E-state index contributed by atoms with van der Waals surface area (Å²) in [4.78, 5) is 11.9. The maximum atomic E-state index is 11.9. The van der Waals surface area contributed by atoms with E-state index in [1.165, 1.54) is 5.39 Å². The fourth-order valence-corrected chi connectivity index (χ4v) is 2.07. The Labute approximate surface area is 113 Å². The average molecular weight is 251 g/mol. The van der Waals surface area contributed by atoms with Gasteiger partial charge in [-0.15, -0.1) is 11.8 Å². The first-order valence-corrected chi connectivity index (χ1v) is 6.44. The van der Waals surface area contributed by atoms with Crippen LogP contribution in [0, 0.1) is 11.8 Å². The predicted octanol–water partition coefficient (Wildman–Crippen LogP) is 2.91. The van der Waals surface area contributed by atoms with E-state index in [0.29, 0.717) is 19.4 Å². The molecule has 0 aliphatic heterocycles. The molecule has 2 heteroatoms. The molecule has 2 nitrogen and oxygen atoms in total. The number of benzene rings is 2. The van der Waals surface area contributed by atoms with Gasteiger partial charge >= 0.3 is 0 Å². The number of carbonyl (C=O) groups excluding carboxylic acids is 1. The van der Waals surface area contributed by atoms with Crippen LogP contribution < -0.4 is 5.32 Å². The highest BCUT2D eigenvalue weighted by molar-refractivity contribution is 5.90. The number of nitrogens with one attached hydrogen (secondary N) is 1. The lowest BCUT2D eigenvalue weighted by molar-refractivity contribution is -0.120. The molecule has 0 aliphatic carbocycles. The third kappa shape index (κ3) is 3.59. The van der Waals surface area contributed by atoms with Gasteiger partial charge in [-0.3, -0.25) is 4.79 Å². The van der Waals surface area contributed by atoms with Gasteiger partial charge in [-0.1, -0.05) is 42.5 Å². The van der Waals surface area contributed by atoms with Gasteiger partial charge in [-0.2, -0.15) is 0 Å². The topological polar surface area (TPSA) is 29.1 Å². The summed E-state index contributed by atoms with van der Waals surface area (Å²) < 4.78 is 0. The summed E-state index contributed by atoms with van der Waals surface area (Å²) in [5.74, 6) is 5.80. The minimum Gasteiger partial charge on any atom is -0.355 e. The standard InChI is InChI=1S/C17H17NO/c1-2-3-6-12-18-17(19)13-15-10-7-9-14-8-4-5-11-16(14)15/h4-5,7-11H,6,12-13H2,1H3,(H,18,19). The van der Waals surface area contributed by atoms with Crippen LogP contribution >= 0.6 is 0 Å². The van der Waals surface area contributed by atoms with E-state index in [1.54, 1.807) is 6.92 Å². The molecule has 2 aromatic carbocycles. The summed E-state index contributed by atoms with van der Waals surface area (Å²) in [5.41, 5.74) is 1.07. The van der Waals surface area contributed by atoms with Gasteiger partial charge in [0.15, 0.2) is 0 Å². The molecule has 0 aliphatic rings. The number of fused-ring (bicyclic) bond motifs is 1. The molecule has 0 saturated carbocycles. The number of hydrogen-bond acceptors (Lipinski definition) is 1. The maximum absolute atomic E-state index is 11.9. The van der Waals surface area contributed by atoms with E-state index >= 15 is 0 Å². The fraction of sp³-hybridized carbons (Fsp3) is 0.235. The van der Waals surface area contributed by atoms with Gasteiger partial charge in [0.1, 0.15) is 0 Å². The van der Waals surface area contributed by atoms with Crippen molar-refractivity contribution in [2.24, 2.45) is 0 Å². The lowest BCUT2D eigenvalue weighted by Crippen LogP contribution is -2.25. The molecule has 0 heterocycles. The molecular formula is C17H17NO. The Kier molecular flexibility index (Phi) is 4.58. The monoisotopic (exact) mass is 251 g/mol. The molecule has 0 unspecified atom stereocenters. The van der Waals surface area contributed by atoms with Gasteiger partial charge in [-0.25, -0.2) is 0 Å². The highest BCUT2D eigenvalue weighted by atomic mass is 16.1. The van der Waals surface area contributed by atoms with Crippen molar-refractivity contribution >= 4 is 16.7 Å². The van der Waals surface area contributed by atoms with Crippen LogP contribution in [0.25, 0.3) is 10.8 Å². The van der Waals surface area contributed by atoms with Gasteiger partial charge in [-0.05, 0) is 23.3 Å². The fourth-order valence-electron chi connectivity index (χ4n) is 2.07. The molecule has 0 fully saturated rings. The molecule has 1 N–H and O–H groups in total. The van der Waals surface area contributed by atoms with Crippen LogP contribution in [0.3, 0.4) is 0 Å². The van der Waals surface area contributed by atoms with Gasteiger partial charge in [0.25, 0.3) is 0 Å². The number of hydrogen-bond donors (Lipinski definition) is 1. The first kappa shape index (κ1) is 13.2. The highest BCUT2D eigenvalue weighted by Crippen LogP contribution is 2.18. The molecule has 2 rings (SSSR count). The zero-order valence-electron chi connectivity index (χ0n) is 11.1. The third-order valence-electron chi connectivity index (χ3n) is 2.98. The van der Waals surface area contributed by atoms with E-state index in [9.17, 15) is 4.79 Å². The van der Waals surface area contributed by atoms with E-state index in [-0.39, 0.29) is 5.91 Å². The minimum absolute atomic E-state index is 0.0502. The summed E-state index contributed by atoms with van der Waals surface area (Å²) in [6.07, 6.45) is 1.12. The van der Waals surface area contributed by atoms with Crippen molar-refractivity contribution in [2.75, 3.05) is 6.54 Å². The Morgan fingerprint density at radius 3 is 2.79 bits per heavy atom. The van der Waals surface area contributed by atoms with Crippen molar-refractivity contribution < 1.29 is 4.79 Å². The molecule has 0 atom stereocenters. The maximum Gasteiger partial charge on any atom is 0.224 e. The zero-order valence-corrected chi connectivity index (χ0v) is 11.1. The van der Waals surface area contributed by atoms with E-state index < -0.39 is 0 Å².